The van der Waals surface area contributed by atoms with Crippen LogP contribution in [0.4, 0.5) is 5.69 Å². The first-order valence-electron chi connectivity index (χ1n) is 7.81. The lowest BCUT2D eigenvalue weighted by Crippen LogP contribution is -2.31. The Morgan fingerprint density at radius 2 is 1.80 bits per heavy atom. The van der Waals surface area contributed by atoms with E-state index in [2.05, 4.69) is 10.1 Å². The molecule has 0 N–H and O–H groups in total. The summed E-state index contributed by atoms with van der Waals surface area (Å²) in [7, 11) is -3.83. The molecule has 0 fully saturated rings. The monoisotopic (exact) mass is 357 g/mol. The Morgan fingerprint density at radius 1 is 1.08 bits per heavy atom. The molecular formula is C18H19N3O3S. The number of benzene rings is 1. The SMILES string of the molecule is Cc1ccc(N(Cc2cccnc2)S(=O)(=O)c2c(C)noc2C)cc1. The summed E-state index contributed by atoms with van der Waals surface area (Å²) in [5.41, 5.74) is 2.77. The highest BCUT2D eigenvalue weighted by Gasteiger charge is 2.31. The normalized spacial score (nSPS) is 11.5. The molecule has 130 valence electrons. The Hall–Kier alpha value is -2.67. The van der Waals surface area contributed by atoms with Crippen molar-refractivity contribution in [3.63, 3.8) is 0 Å². The first kappa shape index (κ1) is 17.2. The molecule has 1 aromatic carbocycles. The van der Waals surface area contributed by atoms with Gasteiger partial charge in [0.15, 0.2) is 10.7 Å². The molecule has 3 rings (SSSR count). The Morgan fingerprint density at radius 3 is 2.36 bits per heavy atom. The van der Waals surface area contributed by atoms with Crippen LogP contribution in [0.1, 0.15) is 22.6 Å². The standard InChI is InChI=1S/C18H19N3O3S/c1-13-6-8-17(9-7-13)21(12-16-5-4-10-19-11-16)25(22,23)18-14(2)20-24-15(18)3/h4-11H,12H2,1-3H3. The summed E-state index contributed by atoms with van der Waals surface area (Å²) in [4.78, 5) is 4.18. The molecule has 6 nitrogen and oxygen atoms in total. The predicted octanol–water partition coefficient (Wildman–Crippen LogP) is 3.39. The van der Waals surface area contributed by atoms with E-state index in [4.69, 9.17) is 4.52 Å². The molecule has 2 heterocycles. The van der Waals surface area contributed by atoms with E-state index in [1.54, 1.807) is 44.4 Å². The number of aryl methyl sites for hydroxylation is 3. The molecule has 0 saturated heterocycles. The van der Waals surface area contributed by atoms with Crippen molar-refractivity contribution in [2.45, 2.75) is 32.2 Å². The van der Waals surface area contributed by atoms with Gasteiger partial charge in [0.05, 0.1) is 12.2 Å². The fraction of sp³-hybridized carbons (Fsp3) is 0.222. The lowest BCUT2D eigenvalue weighted by Gasteiger charge is -2.24. The predicted molar refractivity (Wildman–Crippen MR) is 94.8 cm³/mol. The molecule has 7 heteroatoms. The van der Waals surface area contributed by atoms with Crippen LogP contribution >= 0.6 is 0 Å². The van der Waals surface area contributed by atoms with Gasteiger partial charge in [0.25, 0.3) is 10.0 Å². The van der Waals surface area contributed by atoms with Crippen LogP contribution in [0.25, 0.3) is 0 Å². The Bertz CT molecular complexity index is 945. The minimum absolute atomic E-state index is 0.108. The van der Waals surface area contributed by atoms with Crippen LogP contribution in [0.3, 0.4) is 0 Å². The molecule has 0 amide bonds. The molecule has 0 bridgehead atoms. The van der Waals surface area contributed by atoms with Gasteiger partial charge in [-0.15, -0.1) is 0 Å². The van der Waals surface area contributed by atoms with Crippen molar-refractivity contribution in [2.24, 2.45) is 0 Å². The van der Waals surface area contributed by atoms with Crippen LogP contribution in [0, 0.1) is 20.8 Å². The smallest absolute Gasteiger partial charge is 0.270 e. The fourth-order valence-corrected chi connectivity index (χ4v) is 4.39. The number of anilines is 1. The second kappa shape index (κ2) is 6.68. The van der Waals surface area contributed by atoms with Gasteiger partial charge in [-0.1, -0.05) is 28.9 Å². The van der Waals surface area contributed by atoms with E-state index in [1.807, 2.05) is 25.1 Å². The van der Waals surface area contributed by atoms with E-state index in [0.29, 0.717) is 11.4 Å². The number of aromatic nitrogens is 2. The topological polar surface area (TPSA) is 76.3 Å². The molecule has 0 aliphatic carbocycles. The highest BCUT2D eigenvalue weighted by Crippen LogP contribution is 2.29. The maximum atomic E-state index is 13.3. The number of pyridine rings is 1. The number of rotatable bonds is 5. The van der Waals surface area contributed by atoms with Crippen LogP contribution in [-0.2, 0) is 16.6 Å². The highest BCUT2D eigenvalue weighted by molar-refractivity contribution is 7.92. The van der Waals surface area contributed by atoms with Crippen LogP contribution < -0.4 is 4.31 Å². The third kappa shape index (κ3) is 3.41. The highest BCUT2D eigenvalue weighted by atomic mass is 32.2. The molecule has 0 spiro atoms. The van der Waals surface area contributed by atoms with Gasteiger partial charge in [-0.2, -0.15) is 0 Å². The van der Waals surface area contributed by atoms with E-state index in [-0.39, 0.29) is 17.2 Å². The van der Waals surface area contributed by atoms with Crippen molar-refractivity contribution in [3.8, 4) is 0 Å². The second-order valence-corrected chi connectivity index (χ2v) is 7.66. The van der Waals surface area contributed by atoms with Crippen molar-refractivity contribution >= 4 is 15.7 Å². The zero-order chi connectivity index (χ0) is 18.0. The zero-order valence-electron chi connectivity index (χ0n) is 14.3. The third-order valence-corrected chi connectivity index (χ3v) is 5.91. The lowest BCUT2D eigenvalue weighted by molar-refractivity contribution is 0.390. The zero-order valence-corrected chi connectivity index (χ0v) is 15.1. The average Bonchev–Trinajstić information content (AvgIpc) is 2.94. The van der Waals surface area contributed by atoms with Crippen LogP contribution in [0.2, 0.25) is 0 Å². The largest absolute Gasteiger partial charge is 0.360 e. The molecule has 0 saturated carbocycles. The van der Waals surface area contributed by atoms with Crippen molar-refractivity contribution in [1.29, 1.82) is 0 Å². The van der Waals surface area contributed by atoms with Gasteiger partial charge in [-0.3, -0.25) is 9.29 Å². The van der Waals surface area contributed by atoms with Crippen molar-refractivity contribution in [1.82, 2.24) is 10.1 Å². The van der Waals surface area contributed by atoms with Gasteiger partial charge in [0.2, 0.25) is 0 Å². The van der Waals surface area contributed by atoms with Crippen molar-refractivity contribution < 1.29 is 12.9 Å². The maximum Gasteiger partial charge on any atom is 0.270 e. The summed E-state index contributed by atoms with van der Waals surface area (Å²) in [6, 6.07) is 11.0. The van der Waals surface area contributed by atoms with E-state index in [9.17, 15) is 8.42 Å². The number of sulfonamides is 1. The van der Waals surface area contributed by atoms with E-state index in [1.165, 1.54) is 4.31 Å². The van der Waals surface area contributed by atoms with Gasteiger partial charge in [0.1, 0.15) is 5.69 Å². The van der Waals surface area contributed by atoms with Gasteiger partial charge in [0, 0.05) is 12.4 Å². The average molecular weight is 357 g/mol. The first-order chi connectivity index (χ1) is 11.9. The van der Waals surface area contributed by atoms with Crippen LogP contribution in [-0.4, -0.2) is 18.6 Å². The molecule has 2 aromatic heterocycles. The van der Waals surface area contributed by atoms with Gasteiger partial charge >= 0.3 is 0 Å². The van der Waals surface area contributed by atoms with E-state index in [0.717, 1.165) is 11.1 Å². The molecule has 0 unspecified atom stereocenters. The molecule has 0 aliphatic heterocycles. The minimum Gasteiger partial charge on any atom is -0.360 e. The third-order valence-electron chi connectivity index (χ3n) is 3.89. The lowest BCUT2D eigenvalue weighted by atomic mass is 10.2. The van der Waals surface area contributed by atoms with E-state index < -0.39 is 10.0 Å². The molecule has 0 atom stereocenters. The summed E-state index contributed by atoms with van der Waals surface area (Å²) in [5.74, 6) is 0.279. The minimum atomic E-state index is -3.83. The van der Waals surface area contributed by atoms with E-state index >= 15 is 0 Å². The van der Waals surface area contributed by atoms with Gasteiger partial charge in [-0.25, -0.2) is 8.42 Å². The van der Waals surface area contributed by atoms with Crippen LogP contribution in [0.5, 0.6) is 0 Å². The molecule has 3 aromatic rings. The molecule has 0 aliphatic rings. The first-order valence-corrected chi connectivity index (χ1v) is 9.25. The summed E-state index contributed by atoms with van der Waals surface area (Å²) >= 11 is 0. The van der Waals surface area contributed by atoms with Gasteiger partial charge < -0.3 is 4.52 Å². The van der Waals surface area contributed by atoms with Crippen molar-refractivity contribution in [2.75, 3.05) is 4.31 Å². The quantitative estimate of drug-likeness (QED) is 0.699. The fourth-order valence-electron chi connectivity index (χ4n) is 2.64. The maximum absolute atomic E-state index is 13.3. The molecule has 0 radical (unpaired) electrons. The van der Waals surface area contributed by atoms with Gasteiger partial charge in [-0.05, 0) is 44.5 Å². The summed E-state index contributed by atoms with van der Waals surface area (Å²) in [6.07, 6.45) is 3.31. The van der Waals surface area contributed by atoms with Crippen LogP contribution in [0.15, 0.2) is 58.2 Å². The molecular weight excluding hydrogens is 338 g/mol. The van der Waals surface area contributed by atoms with Crippen molar-refractivity contribution in [3.05, 3.63) is 71.4 Å². The Kier molecular flexibility index (Phi) is 4.59. The summed E-state index contributed by atoms with van der Waals surface area (Å²) in [5, 5.41) is 3.79. The Balaban J connectivity index is 2.12. The summed E-state index contributed by atoms with van der Waals surface area (Å²) < 4.78 is 33.1. The Labute approximate surface area is 147 Å². The number of hydrogen-bond donors (Lipinski definition) is 0. The number of hydrogen-bond acceptors (Lipinski definition) is 5. The summed E-state index contributed by atoms with van der Waals surface area (Å²) in [6.45, 7) is 5.35. The molecule has 25 heavy (non-hydrogen) atoms. The number of nitrogens with zero attached hydrogens (tertiary/aromatic N) is 3. The second-order valence-electron chi connectivity index (χ2n) is 5.86.